The van der Waals surface area contributed by atoms with Crippen molar-refractivity contribution < 1.29 is 5.11 Å². The van der Waals surface area contributed by atoms with Crippen molar-refractivity contribution in [1.82, 2.24) is 4.98 Å². The van der Waals surface area contributed by atoms with Crippen molar-refractivity contribution in [3.8, 4) is 11.8 Å². The predicted octanol–water partition coefficient (Wildman–Crippen LogP) is 1.81. The summed E-state index contributed by atoms with van der Waals surface area (Å²) in [5.74, 6) is 0.106. The van der Waals surface area contributed by atoms with Crippen molar-refractivity contribution in [2.45, 2.75) is 0 Å². The summed E-state index contributed by atoms with van der Waals surface area (Å²) in [6, 6.07) is 8.61. The maximum atomic E-state index is 9.42. The number of benzene rings is 1. The van der Waals surface area contributed by atoms with Crippen molar-refractivity contribution in [2.24, 2.45) is 0 Å². The lowest BCUT2D eigenvalue weighted by atomic mass is 10.1. The van der Waals surface area contributed by atoms with Crippen molar-refractivity contribution in [1.29, 1.82) is 5.26 Å². The Bertz CT molecular complexity index is 500. The normalized spacial score (nSPS) is 9.77. The van der Waals surface area contributed by atoms with E-state index in [2.05, 4.69) is 4.98 Å². The Kier molecular flexibility index (Phi) is 1.60. The lowest BCUT2D eigenvalue weighted by Crippen LogP contribution is -1.82. The Hall–Kier alpha value is -2.08. The zero-order chi connectivity index (χ0) is 9.26. The minimum atomic E-state index is 0.106. The summed E-state index contributed by atoms with van der Waals surface area (Å²) in [4.78, 5) is 3.99. The molecule has 0 radical (unpaired) electrons. The molecule has 2 aromatic rings. The maximum absolute atomic E-state index is 9.42. The van der Waals surface area contributed by atoms with Gasteiger partial charge >= 0.3 is 0 Å². The van der Waals surface area contributed by atoms with Crippen LogP contribution in [-0.4, -0.2) is 10.1 Å². The van der Waals surface area contributed by atoms with E-state index in [9.17, 15) is 5.11 Å². The van der Waals surface area contributed by atoms with Crippen LogP contribution >= 0.6 is 0 Å². The van der Waals surface area contributed by atoms with Crippen LogP contribution in [0.2, 0.25) is 0 Å². The zero-order valence-corrected chi connectivity index (χ0v) is 6.73. The van der Waals surface area contributed by atoms with Gasteiger partial charge in [0, 0.05) is 11.6 Å². The number of hydrogen-bond donors (Lipinski definition) is 1. The number of aromatic nitrogens is 1. The van der Waals surface area contributed by atoms with Crippen LogP contribution in [0.25, 0.3) is 10.9 Å². The van der Waals surface area contributed by atoms with Crippen LogP contribution in [0.4, 0.5) is 0 Å². The first-order valence-electron chi connectivity index (χ1n) is 3.80. The molecule has 0 aliphatic carbocycles. The number of rotatable bonds is 0. The number of aromatic hydroxyl groups is 1. The van der Waals surface area contributed by atoms with E-state index in [1.54, 1.807) is 24.4 Å². The number of fused-ring (bicyclic) bond motifs is 1. The molecule has 1 aromatic heterocycles. The Morgan fingerprint density at radius 1 is 1.31 bits per heavy atom. The second-order valence-corrected chi connectivity index (χ2v) is 2.64. The van der Waals surface area contributed by atoms with E-state index in [1.807, 2.05) is 6.07 Å². The first-order valence-corrected chi connectivity index (χ1v) is 3.80. The largest absolute Gasteiger partial charge is 0.506 e. The van der Waals surface area contributed by atoms with E-state index in [-0.39, 0.29) is 5.75 Å². The van der Waals surface area contributed by atoms with E-state index in [4.69, 9.17) is 5.26 Å². The van der Waals surface area contributed by atoms with E-state index in [1.165, 1.54) is 6.07 Å². The SMILES string of the molecule is N#Cc1ccc(O)c2ncccc12. The van der Waals surface area contributed by atoms with Gasteiger partial charge in [-0.25, -0.2) is 0 Å². The van der Waals surface area contributed by atoms with Gasteiger partial charge in [0.25, 0.3) is 0 Å². The van der Waals surface area contributed by atoms with Crippen molar-refractivity contribution in [3.05, 3.63) is 36.0 Å². The van der Waals surface area contributed by atoms with Gasteiger partial charge in [0.2, 0.25) is 0 Å². The Labute approximate surface area is 74.9 Å². The van der Waals surface area contributed by atoms with Gasteiger partial charge < -0.3 is 5.11 Å². The molecular weight excluding hydrogens is 164 g/mol. The second kappa shape index (κ2) is 2.76. The number of nitrogens with zero attached hydrogens (tertiary/aromatic N) is 2. The van der Waals surface area contributed by atoms with Gasteiger partial charge in [-0.05, 0) is 24.3 Å². The number of hydrogen-bond acceptors (Lipinski definition) is 3. The molecule has 0 atom stereocenters. The molecule has 0 amide bonds. The minimum absolute atomic E-state index is 0.106. The molecule has 13 heavy (non-hydrogen) atoms. The molecular formula is C10H6N2O. The summed E-state index contributed by atoms with van der Waals surface area (Å²) in [7, 11) is 0. The van der Waals surface area contributed by atoms with Crippen LogP contribution in [-0.2, 0) is 0 Å². The molecule has 0 saturated carbocycles. The van der Waals surface area contributed by atoms with E-state index in [0.717, 1.165) is 0 Å². The van der Waals surface area contributed by atoms with Gasteiger partial charge in [0.05, 0.1) is 11.6 Å². The lowest BCUT2D eigenvalue weighted by Gasteiger charge is -2.00. The molecule has 3 heteroatoms. The molecule has 0 spiro atoms. The smallest absolute Gasteiger partial charge is 0.141 e. The molecule has 3 nitrogen and oxygen atoms in total. The topological polar surface area (TPSA) is 56.9 Å². The van der Waals surface area contributed by atoms with E-state index >= 15 is 0 Å². The summed E-state index contributed by atoms with van der Waals surface area (Å²) >= 11 is 0. The highest BCUT2D eigenvalue weighted by molar-refractivity contribution is 5.88. The van der Waals surface area contributed by atoms with Crippen LogP contribution in [0.5, 0.6) is 5.75 Å². The molecule has 0 unspecified atom stereocenters. The van der Waals surface area contributed by atoms with Crippen LogP contribution in [0.1, 0.15) is 5.56 Å². The van der Waals surface area contributed by atoms with E-state index < -0.39 is 0 Å². The molecule has 0 aliphatic rings. The van der Waals surface area contributed by atoms with Crippen LogP contribution < -0.4 is 0 Å². The standard InChI is InChI=1S/C10H6N2O/c11-6-7-3-4-9(13)10-8(7)2-1-5-12-10/h1-5,13H. The predicted molar refractivity (Wildman–Crippen MR) is 48.1 cm³/mol. The monoisotopic (exact) mass is 170 g/mol. The molecule has 0 aliphatic heterocycles. The first kappa shape index (κ1) is 7.56. The zero-order valence-electron chi connectivity index (χ0n) is 6.73. The second-order valence-electron chi connectivity index (χ2n) is 2.64. The average molecular weight is 170 g/mol. The van der Waals surface area contributed by atoms with Crippen molar-refractivity contribution in [2.75, 3.05) is 0 Å². The molecule has 1 heterocycles. The maximum Gasteiger partial charge on any atom is 0.141 e. The number of pyridine rings is 1. The fourth-order valence-corrected chi connectivity index (χ4v) is 1.26. The summed E-state index contributed by atoms with van der Waals surface area (Å²) in [5.41, 5.74) is 1.00. The molecule has 2 rings (SSSR count). The Balaban J connectivity index is 2.95. The Morgan fingerprint density at radius 2 is 2.15 bits per heavy atom. The van der Waals surface area contributed by atoms with Gasteiger partial charge in [-0.2, -0.15) is 5.26 Å². The van der Waals surface area contributed by atoms with Crippen molar-refractivity contribution >= 4 is 10.9 Å². The highest BCUT2D eigenvalue weighted by atomic mass is 16.3. The van der Waals surface area contributed by atoms with E-state index in [0.29, 0.717) is 16.5 Å². The Morgan fingerprint density at radius 3 is 2.92 bits per heavy atom. The average Bonchev–Trinajstić information content (AvgIpc) is 2.19. The van der Waals surface area contributed by atoms with Crippen LogP contribution in [0.3, 0.4) is 0 Å². The molecule has 0 bridgehead atoms. The summed E-state index contributed by atoms with van der Waals surface area (Å²) < 4.78 is 0. The lowest BCUT2D eigenvalue weighted by molar-refractivity contribution is 0.480. The molecule has 1 aromatic carbocycles. The highest BCUT2D eigenvalue weighted by Crippen LogP contribution is 2.24. The fourth-order valence-electron chi connectivity index (χ4n) is 1.26. The van der Waals surface area contributed by atoms with Gasteiger partial charge in [0.15, 0.2) is 0 Å². The minimum Gasteiger partial charge on any atom is -0.506 e. The molecule has 62 valence electrons. The van der Waals surface area contributed by atoms with Gasteiger partial charge in [0.1, 0.15) is 11.3 Å². The van der Waals surface area contributed by atoms with Crippen molar-refractivity contribution in [3.63, 3.8) is 0 Å². The summed E-state index contributed by atoms with van der Waals surface area (Å²) in [6.07, 6.45) is 1.59. The molecule has 0 fully saturated rings. The van der Waals surface area contributed by atoms with Gasteiger partial charge in [-0.15, -0.1) is 0 Å². The molecule has 0 saturated heterocycles. The van der Waals surface area contributed by atoms with Gasteiger partial charge in [-0.3, -0.25) is 4.98 Å². The summed E-state index contributed by atoms with van der Waals surface area (Å²) in [5, 5.41) is 18.9. The van der Waals surface area contributed by atoms with Crippen LogP contribution in [0, 0.1) is 11.3 Å². The fraction of sp³-hybridized carbons (Fsp3) is 0. The highest BCUT2D eigenvalue weighted by Gasteiger charge is 2.04. The first-order chi connectivity index (χ1) is 6.33. The van der Waals surface area contributed by atoms with Crippen LogP contribution in [0.15, 0.2) is 30.5 Å². The number of nitriles is 1. The molecule has 1 N–H and O–H groups in total. The third-order valence-electron chi connectivity index (χ3n) is 1.87. The third-order valence-corrected chi connectivity index (χ3v) is 1.87. The quantitative estimate of drug-likeness (QED) is 0.656. The third kappa shape index (κ3) is 1.09. The number of phenols is 1. The number of phenolic OH excluding ortho intramolecular Hbond substituents is 1. The summed E-state index contributed by atoms with van der Waals surface area (Å²) in [6.45, 7) is 0. The van der Waals surface area contributed by atoms with Gasteiger partial charge in [-0.1, -0.05) is 0 Å².